The molecule has 204 valence electrons. The molecule has 0 saturated heterocycles. The van der Waals surface area contributed by atoms with Crippen LogP contribution < -0.4 is 16.4 Å². The number of nitrogens with two attached hydrogens (primary N) is 1. The summed E-state index contributed by atoms with van der Waals surface area (Å²) in [5.41, 5.74) is 9.17. The molecule has 3 aromatic rings. The number of fused-ring (bicyclic) bond motifs is 1. The Morgan fingerprint density at radius 1 is 1.03 bits per heavy atom. The van der Waals surface area contributed by atoms with Gasteiger partial charge in [0.2, 0.25) is 5.91 Å². The molecular weight excluding hydrogens is 509 g/mol. The Labute approximate surface area is 224 Å². The predicted molar refractivity (Wildman–Crippen MR) is 141 cm³/mol. The molecule has 0 fully saturated rings. The maximum atomic E-state index is 13.3. The maximum absolute atomic E-state index is 13.3. The smallest absolute Gasteiger partial charge is 0.370 e. The minimum absolute atomic E-state index is 0.0501. The number of alkyl halides is 3. The lowest BCUT2D eigenvalue weighted by atomic mass is 9.90. The van der Waals surface area contributed by atoms with Crippen molar-refractivity contribution < 1.29 is 27.6 Å². The van der Waals surface area contributed by atoms with E-state index in [4.69, 9.17) is 5.73 Å². The highest BCUT2D eigenvalue weighted by Gasteiger charge is 2.30. The number of hydrogen-bond donors (Lipinski definition) is 3. The van der Waals surface area contributed by atoms with Gasteiger partial charge in [0.25, 0.3) is 5.91 Å². The Morgan fingerprint density at radius 3 is 2.41 bits per heavy atom. The van der Waals surface area contributed by atoms with Crippen LogP contribution in [0.25, 0.3) is 11.1 Å². The summed E-state index contributed by atoms with van der Waals surface area (Å²) in [6, 6.07) is 16.6. The Bertz CT molecular complexity index is 1370. The average Bonchev–Trinajstić information content (AvgIpc) is 2.93. The summed E-state index contributed by atoms with van der Waals surface area (Å²) in [6.07, 6.45) is -3.56. The molecule has 1 heterocycles. The van der Waals surface area contributed by atoms with E-state index < -0.39 is 23.7 Å². The highest BCUT2D eigenvalue weighted by molar-refractivity contribution is 5.94. The molecule has 7 nitrogen and oxygen atoms in total. The van der Waals surface area contributed by atoms with Gasteiger partial charge in [0.05, 0.1) is 11.6 Å². The summed E-state index contributed by atoms with van der Waals surface area (Å²) in [5, 5.41) is 5.55. The molecule has 4 amide bonds. The van der Waals surface area contributed by atoms with E-state index in [1.165, 1.54) is 19.2 Å². The molecular formula is C29H29F3N4O3. The number of rotatable bonds is 7. The molecule has 4 rings (SSSR count). The lowest BCUT2D eigenvalue weighted by molar-refractivity contribution is -0.137. The summed E-state index contributed by atoms with van der Waals surface area (Å²) >= 11 is 0. The molecule has 0 bridgehead atoms. The highest BCUT2D eigenvalue weighted by atomic mass is 19.4. The van der Waals surface area contributed by atoms with Crippen LogP contribution in [0.1, 0.15) is 51.5 Å². The number of benzene rings is 3. The average molecular weight is 539 g/mol. The van der Waals surface area contributed by atoms with Gasteiger partial charge in [-0.25, -0.2) is 4.79 Å². The number of primary amides is 1. The van der Waals surface area contributed by atoms with Crippen LogP contribution in [-0.4, -0.2) is 36.3 Å². The second kappa shape index (κ2) is 11.6. The third kappa shape index (κ3) is 6.57. The van der Waals surface area contributed by atoms with Crippen LogP contribution >= 0.6 is 0 Å². The monoisotopic (exact) mass is 538 g/mol. The van der Waals surface area contributed by atoms with Crippen molar-refractivity contribution in [2.75, 3.05) is 13.6 Å². The van der Waals surface area contributed by atoms with Gasteiger partial charge in [-0.2, -0.15) is 13.2 Å². The minimum Gasteiger partial charge on any atom is -0.370 e. The number of halogens is 3. The third-order valence-corrected chi connectivity index (χ3v) is 6.83. The molecule has 10 heteroatoms. The van der Waals surface area contributed by atoms with Crippen molar-refractivity contribution in [3.05, 3.63) is 94.5 Å². The first-order valence-corrected chi connectivity index (χ1v) is 12.5. The van der Waals surface area contributed by atoms with Gasteiger partial charge in [-0.15, -0.1) is 0 Å². The van der Waals surface area contributed by atoms with Crippen LogP contribution in [0, 0.1) is 0 Å². The molecule has 3 aromatic carbocycles. The molecule has 0 radical (unpaired) electrons. The second-order valence-corrected chi connectivity index (χ2v) is 9.40. The summed E-state index contributed by atoms with van der Waals surface area (Å²) in [5.74, 6) is -0.771. The lowest BCUT2D eigenvalue weighted by Gasteiger charge is -2.32. The molecule has 0 saturated carbocycles. The Morgan fingerprint density at radius 2 is 1.74 bits per heavy atom. The van der Waals surface area contributed by atoms with Crippen molar-refractivity contribution >= 4 is 17.8 Å². The van der Waals surface area contributed by atoms with E-state index >= 15 is 0 Å². The van der Waals surface area contributed by atoms with Crippen molar-refractivity contribution in [2.45, 2.75) is 38.0 Å². The first kappa shape index (κ1) is 27.7. The molecule has 0 aliphatic carbocycles. The van der Waals surface area contributed by atoms with Gasteiger partial charge < -0.3 is 21.3 Å². The van der Waals surface area contributed by atoms with E-state index in [1.807, 2.05) is 18.2 Å². The minimum atomic E-state index is -4.40. The van der Waals surface area contributed by atoms with Gasteiger partial charge in [-0.3, -0.25) is 9.59 Å². The van der Waals surface area contributed by atoms with Crippen LogP contribution in [0.15, 0.2) is 66.7 Å². The molecule has 1 atom stereocenters. The maximum Gasteiger partial charge on any atom is 0.416 e. The number of urea groups is 1. The Balaban J connectivity index is 1.52. The summed E-state index contributed by atoms with van der Waals surface area (Å²) in [4.78, 5) is 38.5. The fraction of sp³-hybridized carbons (Fsp3) is 0.276. The molecule has 0 aromatic heterocycles. The zero-order valence-corrected chi connectivity index (χ0v) is 21.3. The van der Waals surface area contributed by atoms with E-state index in [0.717, 1.165) is 28.8 Å². The van der Waals surface area contributed by atoms with E-state index in [9.17, 15) is 27.6 Å². The second-order valence-electron chi connectivity index (χ2n) is 9.40. The predicted octanol–water partition coefficient (Wildman–Crippen LogP) is 4.81. The van der Waals surface area contributed by atoms with Gasteiger partial charge in [-0.05, 0) is 64.9 Å². The summed E-state index contributed by atoms with van der Waals surface area (Å²) in [6.45, 7) is 0.716. The number of nitrogens with zero attached hydrogens (tertiary/aromatic N) is 1. The molecule has 1 aliphatic rings. The number of amides is 4. The van der Waals surface area contributed by atoms with Gasteiger partial charge in [-0.1, -0.05) is 42.5 Å². The summed E-state index contributed by atoms with van der Waals surface area (Å²) < 4.78 is 39.0. The molecule has 1 aliphatic heterocycles. The third-order valence-electron chi connectivity index (χ3n) is 6.83. The molecule has 0 spiro atoms. The van der Waals surface area contributed by atoms with Crippen molar-refractivity contribution in [2.24, 2.45) is 5.73 Å². The normalized spacial score (nSPS) is 13.8. The first-order valence-electron chi connectivity index (χ1n) is 12.5. The fourth-order valence-corrected chi connectivity index (χ4v) is 4.78. The number of carbonyl (C=O) groups excluding carboxylic acids is 3. The van der Waals surface area contributed by atoms with Crippen molar-refractivity contribution in [1.82, 2.24) is 15.5 Å². The van der Waals surface area contributed by atoms with Crippen LogP contribution in [0.3, 0.4) is 0 Å². The molecule has 4 N–H and O–H groups in total. The van der Waals surface area contributed by atoms with E-state index in [1.54, 1.807) is 29.2 Å². The summed E-state index contributed by atoms with van der Waals surface area (Å²) in [7, 11) is 1.53. The quantitative estimate of drug-likeness (QED) is 0.402. The van der Waals surface area contributed by atoms with Gasteiger partial charge >= 0.3 is 12.2 Å². The first-order chi connectivity index (χ1) is 18.6. The standard InChI is InChI=1S/C29H29F3N4O3/c1-34-27(38)20-5-2-4-19(16-20)25(12-13-26(33)37)35-28(39)36-15-14-24-21(17-36)6-3-7-23(24)18-8-10-22(11-9-18)29(30,31)32/h2-11,16,25H,12-15,17H2,1H3,(H2,33,37)(H,34,38)(H,35,39)/t25-/m0/s1. The van der Waals surface area contributed by atoms with Crippen molar-refractivity contribution in [1.29, 1.82) is 0 Å². The van der Waals surface area contributed by atoms with Crippen LogP contribution in [-0.2, 0) is 23.9 Å². The Hall–Kier alpha value is -4.34. The van der Waals surface area contributed by atoms with Crippen LogP contribution in [0.4, 0.5) is 18.0 Å². The zero-order chi connectivity index (χ0) is 28.2. The van der Waals surface area contributed by atoms with Crippen molar-refractivity contribution in [3.8, 4) is 11.1 Å². The lowest BCUT2D eigenvalue weighted by Crippen LogP contribution is -2.44. The van der Waals surface area contributed by atoms with E-state index in [-0.39, 0.29) is 24.8 Å². The molecule has 0 unspecified atom stereocenters. The van der Waals surface area contributed by atoms with Gasteiger partial charge in [0.15, 0.2) is 0 Å². The number of hydrogen-bond acceptors (Lipinski definition) is 3. The van der Waals surface area contributed by atoms with Gasteiger partial charge in [0, 0.05) is 32.1 Å². The largest absolute Gasteiger partial charge is 0.416 e. The number of nitrogens with one attached hydrogen (secondary N) is 2. The number of carbonyl (C=O) groups is 3. The highest BCUT2D eigenvalue weighted by Crippen LogP contribution is 2.34. The van der Waals surface area contributed by atoms with Crippen LogP contribution in [0.2, 0.25) is 0 Å². The SMILES string of the molecule is CNC(=O)c1cccc([C@H](CCC(N)=O)NC(=O)N2CCc3c(cccc3-c3ccc(C(F)(F)F)cc3)C2)c1. The van der Waals surface area contributed by atoms with Crippen molar-refractivity contribution in [3.63, 3.8) is 0 Å². The zero-order valence-electron chi connectivity index (χ0n) is 21.3. The van der Waals surface area contributed by atoms with Crippen LogP contribution in [0.5, 0.6) is 0 Å². The molecule has 39 heavy (non-hydrogen) atoms. The van der Waals surface area contributed by atoms with E-state index in [0.29, 0.717) is 36.2 Å². The fourth-order valence-electron chi connectivity index (χ4n) is 4.78. The van der Waals surface area contributed by atoms with E-state index in [2.05, 4.69) is 10.6 Å². The Kier molecular flexibility index (Phi) is 8.23. The topological polar surface area (TPSA) is 105 Å². The van der Waals surface area contributed by atoms with Gasteiger partial charge in [0.1, 0.15) is 0 Å².